The lowest BCUT2D eigenvalue weighted by Crippen LogP contribution is -2.42. The van der Waals surface area contributed by atoms with Gasteiger partial charge >= 0.3 is 0 Å². The molecule has 3 N–H and O–H groups in total. The first-order chi connectivity index (χ1) is 7.77. The lowest BCUT2D eigenvalue weighted by molar-refractivity contribution is 0.471. The van der Waals surface area contributed by atoms with Crippen molar-refractivity contribution < 1.29 is 0 Å². The molecule has 1 heterocycles. The number of thiazole rings is 1. The average molecular weight is 241 g/mol. The van der Waals surface area contributed by atoms with Crippen molar-refractivity contribution in [2.45, 2.75) is 26.3 Å². The predicted octanol–water partition coefficient (Wildman–Crippen LogP) is 1.19. The number of aliphatic imine (C=N–C) groups is 1. The van der Waals surface area contributed by atoms with Gasteiger partial charge in [0.2, 0.25) is 5.96 Å². The molecule has 16 heavy (non-hydrogen) atoms. The van der Waals surface area contributed by atoms with Crippen LogP contribution in [-0.2, 0) is 6.54 Å². The number of hydrazine groups is 1. The van der Waals surface area contributed by atoms with Gasteiger partial charge in [-0.2, -0.15) is 0 Å². The fourth-order valence-corrected chi connectivity index (χ4v) is 1.80. The van der Waals surface area contributed by atoms with Gasteiger partial charge in [0.15, 0.2) is 0 Å². The number of guanidine groups is 1. The highest BCUT2D eigenvalue weighted by atomic mass is 32.1. The summed E-state index contributed by atoms with van der Waals surface area (Å²) in [4.78, 5) is 10.6. The maximum atomic E-state index is 5.44. The van der Waals surface area contributed by atoms with Crippen LogP contribution in [0.1, 0.15) is 25.5 Å². The minimum Gasteiger partial charge on any atom is -0.339 e. The lowest BCUT2D eigenvalue weighted by atomic mass is 10.3. The van der Waals surface area contributed by atoms with E-state index in [0.29, 0.717) is 5.96 Å². The monoisotopic (exact) mass is 241 g/mol. The van der Waals surface area contributed by atoms with Gasteiger partial charge in [0.25, 0.3) is 0 Å². The van der Waals surface area contributed by atoms with Crippen molar-refractivity contribution in [2.24, 2.45) is 10.8 Å². The molecule has 0 spiro atoms. The normalized spacial score (nSPS) is 11.6. The van der Waals surface area contributed by atoms with E-state index in [1.165, 1.54) is 0 Å². The van der Waals surface area contributed by atoms with E-state index in [1.807, 2.05) is 22.8 Å². The molecular weight excluding hydrogens is 222 g/mol. The van der Waals surface area contributed by atoms with Crippen molar-refractivity contribution in [3.63, 3.8) is 0 Å². The number of hydrogen-bond acceptors (Lipinski definition) is 4. The predicted molar refractivity (Wildman–Crippen MR) is 68.1 cm³/mol. The second-order valence-corrected chi connectivity index (χ2v) is 4.26. The van der Waals surface area contributed by atoms with Crippen LogP contribution in [0.5, 0.6) is 0 Å². The van der Waals surface area contributed by atoms with Crippen molar-refractivity contribution in [3.05, 3.63) is 16.6 Å². The summed E-state index contributed by atoms with van der Waals surface area (Å²) in [5, 5.41) is 2.02. The van der Waals surface area contributed by atoms with Crippen LogP contribution in [0.4, 0.5) is 0 Å². The minimum atomic E-state index is 0.710. The number of rotatable bonds is 5. The van der Waals surface area contributed by atoms with Crippen molar-refractivity contribution in [2.75, 3.05) is 13.6 Å². The van der Waals surface area contributed by atoms with Crippen LogP contribution in [0.15, 0.2) is 15.9 Å². The van der Waals surface area contributed by atoms with Crippen LogP contribution >= 0.6 is 11.3 Å². The summed E-state index contributed by atoms with van der Waals surface area (Å²) in [6.07, 6.45) is 2.22. The molecule has 0 atom stereocenters. The SMILES string of the molecule is CCCCN=C(NN)N(C)Cc1cscn1. The Labute approximate surface area is 100 Å². The molecule has 0 aliphatic heterocycles. The van der Waals surface area contributed by atoms with Crippen molar-refractivity contribution in [1.29, 1.82) is 0 Å². The van der Waals surface area contributed by atoms with E-state index < -0.39 is 0 Å². The Morgan fingerprint density at radius 1 is 1.69 bits per heavy atom. The molecule has 0 fully saturated rings. The lowest BCUT2D eigenvalue weighted by Gasteiger charge is -2.19. The highest BCUT2D eigenvalue weighted by Gasteiger charge is 2.06. The summed E-state index contributed by atoms with van der Waals surface area (Å²) in [6, 6.07) is 0. The fourth-order valence-electron chi connectivity index (χ4n) is 1.25. The Morgan fingerprint density at radius 2 is 2.50 bits per heavy atom. The topological polar surface area (TPSA) is 66.5 Å². The van der Waals surface area contributed by atoms with Gasteiger partial charge in [-0.3, -0.25) is 10.4 Å². The van der Waals surface area contributed by atoms with E-state index in [4.69, 9.17) is 5.84 Å². The Hall–Kier alpha value is -1.14. The van der Waals surface area contributed by atoms with Gasteiger partial charge < -0.3 is 4.90 Å². The second-order valence-electron chi connectivity index (χ2n) is 3.54. The molecule has 0 radical (unpaired) electrons. The zero-order valence-electron chi connectivity index (χ0n) is 9.81. The maximum absolute atomic E-state index is 5.44. The van der Waals surface area contributed by atoms with E-state index in [0.717, 1.165) is 31.6 Å². The first-order valence-electron chi connectivity index (χ1n) is 5.37. The minimum absolute atomic E-state index is 0.710. The smallest absolute Gasteiger partial charge is 0.208 e. The fraction of sp³-hybridized carbons (Fsp3) is 0.600. The summed E-state index contributed by atoms with van der Waals surface area (Å²) >= 11 is 1.59. The summed E-state index contributed by atoms with van der Waals surface area (Å²) < 4.78 is 0. The molecule has 0 unspecified atom stereocenters. The molecule has 0 bridgehead atoms. The Balaban J connectivity index is 2.48. The number of unbranched alkanes of at least 4 members (excludes halogenated alkanes) is 1. The van der Waals surface area contributed by atoms with E-state index >= 15 is 0 Å². The van der Waals surface area contributed by atoms with Gasteiger partial charge in [-0.1, -0.05) is 13.3 Å². The first kappa shape index (κ1) is 12.9. The molecule has 0 aliphatic carbocycles. The highest BCUT2D eigenvalue weighted by molar-refractivity contribution is 7.07. The van der Waals surface area contributed by atoms with E-state index in [9.17, 15) is 0 Å². The van der Waals surface area contributed by atoms with Crippen molar-refractivity contribution in [3.8, 4) is 0 Å². The molecular formula is C10H19N5S. The molecule has 0 saturated heterocycles. The molecule has 0 aromatic carbocycles. The molecule has 1 aromatic heterocycles. The van der Waals surface area contributed by atoms with Crippen LogP contribution in [0.3, 0.4) is 0 Å². The quantitative estimate of drug-likeness (QED) is 0.267. The van der Waals surface area contributed by atoms with Crippen LogP contribution in [0, 0.1) is 0 Å². The number of nitrogens with one attached hydrogen (secondary N) is 1. The van der Waals surface area contributed by atoms with Gasteiger partial charge in [-0.25, -0.2) is 10.8 Å². The van der Waals surface area contributed by atoms with E-state index in [-0.39, 0.29) is 0 Å². The summed E-state index contributed by atoms with van der Waals surface area (Å²) in [5.41, 5.74) is 5.48. The highest BCUT2D eigenvalue weighted by Crippen LogP contribution is 2.04. The number of aromatic nitrogens is 1. The molecule has 0 aliphatic rings. The van der Waals surface area contributed by atoms with Crippen molar-refractivity contribution in [1.82, 2.24) is 15.3 Å². The van der Waals surface area contributed by atoms with E-state index in [1.54, 1.807) is 11.3 Å². The molecule has 0 amide bonds. The third kappa shape index (κ3) is 4.16. The van der Waals surface area contributed by atoms with Crippen LogP contribution in [-0.4, -0.2) is 29.4 Å². The molecule has 1 rings (SSSR count). The summed E-state index contributed by atoms with van der Waals surface area (Å²) in [7, 11) is 1.95. The van der Waals surface area contributed by atoms with Crippen LogP contribution in [0.25, 0.3) is 0 Å². The molecule has 5 nitrogen and oxygen atoms in total. The molecule has 0 saturated carbocycles. The van der Waals surface area contributed by atoms with Crippen LogP contribution < -0.4 is 11.3 Å². The zero-order valence-corrected chi connectivity index (χ0v) is 10.6. The largest absolute Gasteiger partial charge is 0.339 e. The third-order valence-corrected chi connectivity index (χ3v) is 2.78. The second kappa shape index (κ2) is 7.19. The standard InChI is InChI=1S/C10H19N5S/c1-3-4-5-12-10(14-11)15(2)6-9-7-16-8-13-9/h7-8H,3-6,11H2,1-2H3,(H,12,14). The van der Waals surface area contributed by atoms with Crippen molar-refractivity contribution >= 4 is 17.3 Å². The third-order valence-electron chi connectivity index (χ3n) is 2.15. The number of nitrogens with two attached hydrogens (primary N) is 1. The number of hydrogen-bond donors (Lipinski definition) is 2. The summed E-state index contributed by atoms with van der Waals surface area (Å²) in [5.74, 6) is 6.15. The maximum Gasteiger partial charge on any atom is 0.208 e. The Bertz CT molecular complexity index is 309. The van der Waals surface area contributed by atoms with Crippen LogP contribution in [0.2, 0.25) is 0 Å². The van der Waals surface area contributed by atoms with E-state index in [2.05, 4.69) is 22.3 Å². The number of nitrogens with zero attached hydrogens (tertiary/aromatic N) is 3. The molecule has 90 valence electrons. The first-order valence-corrected chi connectivity index (χ1v) is 6.31. The zero-order chi connectivity index (χ0) is 11.8. The van der Waals surface area contributed by atoms with Gasteiger partial charge in [0.05, 0.1) is 17.7 Å². The Morgan fingerprint density at radius 3 is 3.06 bits per heavy atom. The Kier molecular flexibility index (Phi) is 5.81. The van der Waals surface area contributed by atoms with Gasteiger partial charge in [-0.05, 0) is 6.42 Å². The molecule has 6 heteroatoms. The molecule has 1 aromatic rings. The average Bonchev–Trinajstić information content (AvgIpc) is 2.77. The van der Waals surface area contributed by atoms with Gasteiger partial charge in [0, 0.05) is 19.0 Å². The van der Waals surface area contributed by atoms with Gasteiger partial charge in [0.1, 0.15) is 0 Å². The van der Waals surface area contributed by atoms with Gasteiger partial charge in [-0.15, -0.1) is 11.3 Å². The summed E-state index contributed by atoms with van der Waals surface area (Å²) in [6.45, 7) is 3.67.